The zero-order valence-corrected chi connectivity index (χ0v) is 21.1. The Labute approximate surface area is 214 Å². The molecule has 0 bridgehead atoms. The third-order valence-electron chi connectivity index (χ3n) is 6.64. The van der Waals surface area contributed by atoms with Crippen LogP contribution >= 0.6 is 11.8 Å². The molecule has 1 amide bonds. The number of hydrogen-bond donors (Lipinski definition) is 2. The van der Waals surface area contributed by atoms with Crippen LogP contribution in [0.4, 0.5) is 0 Å². The number of benzene rings is 2. The fourth-order valence-corrected chi connectivity index (χ4v) is 5.52. The van der Waals surface area contributed by atoms with E-state index in [1.807, 2.05) is 60.8 Å². The summed E-state index contributed by atoms with van der Waals surface area (Å²) in [6.45, 7) is 0.345. The Bertz CT molecular complexity index is 1390. The van der Waals surface area contributed by atoms with Crippen molar-refractivity contribution in [3.05, 3.63) is 76.7 Å². The second-order valence-corrected chi connectivity index (χ2v) is 10.1. The number of fused-ring (bicyclic) bond motifs is 1. The zero-order valence-electron chi connectivity index (χ0n) is 20.3. The number of hydrogen-bond acceptors (Lipinski definition) is 5. The van der Waals surface area contributed by atoms with Gasteiger partial charge in [-0.15, -0.1) is 0 Å². The van der Waals surface area contributed by atoms with E-state index in [4.69, 9.17) is 9.72 Å². The summed E-state index contributed by atoms with van der Waals surface area (Å²) >= 11 is 1.31. The van der Waals surface area contributed by atoms with E-state index in [-0.39, 0.29) is 23.3 Å². The normalized spacial score (nSPS) is 14.1. The van der Waals surface area contributed by atoms with E-state index >= 15 is 0 Å². The van der Waals surface area contributed by atoms with E-state index in [1.54, 1.807) is 11.7 Å². The molecule has 1 aliphatic rings. The summed E-state index contributed by atoms with van der Waals surface area (Å²) in [4.78, 5) is 34.4. The molecule has 4 aromatic rings. The molecule has 2 aromatic heterocycles. The van der Waals surface area contributed by atoms with Crippen LogP contribution in [-0.4, -0.2) is 39.3 Å². The summed E-state index contributed by atoms with van der Waals surface area (Å²) in [5.74, 6) is 0.947. The van der Waals surface area contributed by atoms with Crippen molar-refractivity contribution in [1.82, 2.24) is 19.9 Å². The second-order valence-electron chi connectivity index (χ2n) is 9.12. The Balaban J connectivity index is 1.48. The van der Waals surface area contributed by atoms with E-state index in [0.717, 1.165) is 48.1 Å². The molecule has 0 aliphatic heterocycles. The van der Waals surface area contributed by atoms with Crippen molar-refractivity contribution in [1.29, 1.82) is 0 Å². The number of methoxy groups -OCH3 is 1. The number of carbonyl (C=O) groups is 1. The molecule has 5 rings (SSSR count). The largest absolute Gasteiger partial charge is 0.497 e. The minimum atomic E-state index is -0.159. The van der Waals surface area contributed by atoms with Gasteiger partial charge in [0.2, 0.25) is 5.91 Å². The lowest BCUT2D eigenvalue weighted by atomic mass is 9.95. The van der Waals surface area contributed by atoms with E-state index in [0.29, 0.717) is 22.7 Å². The molecule has 0 unspecified atom stereocenters. The highest BCUT2D eigenvalue weighted by atomic mass is 32.2. The molecule has 0 radical (unpaired) electrons. The van der Waals surface area contributed by atoms with Crippen LogP contribution in [-0.2, 0) is 11.3 Å². The minimum absolute atomic E-state index is 0.0189. The summed E-state index contributed by atoms with van der Waals surface area (Å²) < 4.78 is 6.91. The maximum absolute atomic E-state index is 13.6. The maximum Gasteiger partial charge on any atom is 0.278 e. The van der Waals surface area contributed by atoms with Gasteiger partial charge in [0.1, 0.15) is 16.8 Å². The molecule has 186 valence electrons. The Hall–Kier alpha value is -3.52. The van der Waals surface area contributed by atoms with Crippen molar-refractivity contribution >= 4 is 28.7 Å². The van der Waals surface area contributed by atoms with Gasteiger partial charge in [0, 0.05) is 17.8 Å². The van der Waals surface area contributed by atoms with Gasteiger partial charge in [-0.3, -0.25) is 14.2 Å². The number of nitrogens with one attached hydrogen (secondary N) is 2. The first-order valence-electron chi connectivity index (χ1n) is 12.3. The van der Waals surface area contributed by atoms with Gasteiger partial charge in [-0.2, -0.15) is 0 Å². The zero-order chi connectivity index (χ0) is 24.9. The number of carbonyl (C=O) groups excluding carboxylic acids is 1. The molecule has 0 spiro atoms. The number of H-pyrrole nitrogens is 1. The molecule has 2 N–H and O–H groups in total. The smallest absolute Gasteiger partial charge is 0.278 e. The average Bonchev–Trinajstić information content (AvgIpc) is 3.35. The SMILES string of the molecule is COc1ccc(Cn2c(SCC(=O)NC3CCCCC3)nc3c(-c4ccccc4)c[nH]c3c2=O)cc1. The molecule has 7 nitrogen and oxygen atoms in total. The summed E-state index contributed by atoms with van der Waals surface area (Å²) in [5, 5.41) is 3.69. The Morgan fingerprint density at radius 3 is 2.58 bits per heavy atom. The van der Waals surface area contributed by atoms with Crippen LogP contribution in [0, 0.1) is 0 Å². The second kappa shape index (κ2) is 11.0. The topological polar surface area (TPSA) is 89.0 Å². The van der Waals surface area contributed by atoms with Gasteiger partial charge < -0.3 is 15.0 Å². The molecule has 36 heavy (non-hydrogen) atoms. The summed E-state index contributed by atoms with van der Waals surface area (Å²) in [5.41, 5.74) is 3.71. The summed E-state index contributed by atoms with van der Waals surface area (Å²) in [7, 11) is 1.63. The van der Waals surface area contributed by atoms with Gasteiger partial charge in [-0.25, -0.2) is 4.98 Å². The number of aromatic amines is 1. The molecule has 2 aromatic carbocycles. The van der Waals surface area contributed by atoms with Crippen molar-refractivity contribution in [3.63, 3.8) is 0 Å². The highest BCUT2D eigenvalue weighted by Gasteiger charge is 2.20. The molecular formula is C28H30N4O3S. The van der Waals surface area contributed by atoms with Gasteiger partial charge in [0.15, 0.2) is 5.16 Å². The first kappa shape index (κ1) is 24.2. The molecule has 1 saturated carbocycles. The van der Waals surface area contributed by atoms with Gasteiger partial charge >= 0.3 is 0 Å². The number of rotatable bonds is 8. The number of amides is 1. The highest BCUT2D eigenvalue weighted by Crippen LogP contribution is 2.28. The lowest BCUT2D eigenvalue weighted by molar-refractivity contribution is -0.119. The number of ether oxygens (including phenoxy) is 1. The lowest BCUT2D eigenvalue weighted by Crippen LogP contribution is -2.37. The molecule has 1 fully saturated rings. The van der Waals surface area contributed by atoms with Crippen LogP contribution in [0.15, 0.2) is 70.7 Å². The van der Waals surface area contributed by atoms with Crippen LogP contribution in [0.5, 0.6) is 5.75 Å². The lowest BCUT2D eigenvalue weighted by Gasteiger charge is -2.22. The van der Waals surface area contributed by atoms with Crippen molar-refractivity contribution < 1.29 is 9.53 Å². The molecule has 0 atom stereocenters. The molecule has 1 aliphatic carbocycles. The Kier molecular flexibility index (Phi) is 7.41. The predicted octanol–water partition coefficient (Wildman–Crippen LogP) is 4.99. The maximum atomic E-state index is 13.6. The van der Waals surface area contributed by atoms with Crippen LogP contribution in [0.2, 0.25) is 0 Å². The van der Waals surface area contributed by atoms with E-state index in [2.05, 4.69) is 10.3 Å². The summed E-state index contributed by atoms with van der Waals surface area (Å²) in [6, 6.07) is 17.7. The van der Waals surface area contributed by atoms with Crippen LogP contribution < -0.4 is 15.6 Å². The highest BCUT2D eigenvalue weighted by molar-refractivity contribution is 7.99. The Morgan fingerprint density at radius 2 is 1.86 bits per heavy atom. The fraction of sp³-hybridized carbons (Fsp3) is 0.321. The van der Waals surface area contributed by atoms with Crippen LogP contribution in [0.3, 0.4) is 0 Å². The number of thioether (sulfide) groups is 1. The van der Waals surface area contributed by atoms with Crippen molar-refractivity contribution in [2.24, 2.45) is 0 Å². The van der Waals surface area contributed by atoms with Gasteiger partial charge in [0.25, 0.3) is 5.56 Å². The third kappa shape index (κ3) is 5.33. The standard InChI is InChI=1S/C28H30N4O3S/c1-35-22-14-12-19(13-15-22)17-32-27(34)26-25(23(16-29-26)20-8-4-2-5-9-20)31-28(32)36-18-24(33)30-21-10-6-3-7-11-21/h2,4-5,8-9,12-16,21,29H,3,6-7,10-11,17-18H2,1H3,(H,30,33). The Morgan fingerprint density at radius 1 is 1.11 bits per heavy atom. The monoisotopic (exact) mass is 502 g/mol. The first-order chi connectivity index (χ1) is 17.6. The van der Waals surface area contributed by atoms with E-state index < -0.39 is 0 Å². The van der Waals surface area contributed by atoms with Gasteiger partial charge in [0.05, 0.1) is 19.4 Å². The molecule has 8 heteroatoms. The van der Waals surface area contributed by atoms with Gasteiger partial charge in [-0.05, 0) is 36.1 Å². The van der Waals surface area contributed by atoms with Crippen molar-refractivity contribution in [3.8, 4) is 16.9 Å². The number of nitrogens with zero attached hydrogens (tertiary/aromatic N) is 2. The average molecular weight is 503 g/mol. The fourth-order valence-electron chi connectivity index (χ4n) is 4.72. The summed E-state index contributed by atoms with van der Waals surface area (Å²) in [6.07, 6.45) is 7.46. The molecule has 2 heterocycles. The van der Waals surface area contributed by atoms with Crippen molar-refractivity contribution in [2.45, 2.75) is 49.8 Å². The predicted molar refractivity (Wildman–Crippen MR) is 144 cm³/mol. The number of aromatic nitrogens is 3. The van der Waals surface area contributed by atoms with Crippen molar-refractivity contribution in [2.75, 3.05) is 12.9 Å². The van der Waals surface area contributed by atoms with E-state index in [9.17, 15) is 9.59 Å². The van der Waals surface area contributed by atoms with Crippen LogP contribution in [0.1, 0.15) is 37.7 Å². The minimum Gasteiger partial charge on any atom is -0.497 e. The quantitative estimate of drug-likeness (QED) is 0.262. The first-order valence-corrected chi connectivity index (χ1v) is 13.3. The molecular weight excluding hydrogens is 472 g/mol. The van der Waals surface area contributed by atoms with E-state index in [1.165, 1.54) is 18.2 Å². The van der Waals surface area contributed by atoms with Crippen LogP contribution in [0.25, 0.3) is 22.2 Å². The molecule has 0 saturated heterocycles. The third-order valence-corrected chi connectivity index (χ3v) is 7.61. The van der Waals surface area contributed by atoms with Gasteiger partial charge in [-0.1, -0.05) is 73.5 Å².